The smallest absolute Gasteiger partial charge is 0.408 e. The molecule has 1 saturated carbocycles. The number of hydrogen-bond donors (Lipinski definition) is 0. The Kier molecular flexibility index (Phi) is 4.05. The van der Waals surface area contributed by atoms with Crippen LogP contribution in [0.3, 0.4) is 0 Å². The Morgan fingerprint density at radius 3 is 2.33 bits per heavy atom. The zero-order chi connectivity index (χ0) is 19.2. The molecule has 0 atom stereocenters. The van der Waals surface area contributed by atoms with Gasteiger partial charge in [-0.3, -0.25) is 0 Å². The lowest BCUT2D eigenvalue weighted by Gasteiger charge is -2.34. The van der Waals surface area contributed by atoms with Crippen LogP contribution in [0.15, 0.2) is 42.5 Å². The largest absolute Gasteiger partial charge is 0.490 e. The van der Waals surface area contributed by atoms with Crippen molar-refractivity contribution >= 4 is 11.0 Å². The van der Waals surface area contributed by atoms with Crippen molar-refractivity contribution < 1.29 is 26.7 Å². The van der Waals surface area contributed by atoms with Crippen LogP contribution >= 0.6 is 0 Å². The molecule has 0 radical (unpaired) electrons. The van der Waals surface area contributed by atoms with Gasteiger partial charge in [0.15, 0.2) is 0 Å². The van der Waals surface area contributed by atoms with Crippen LogP contribution in [0, 0.1) is 0 Å². The van der Waals surface area contributed by atoms with E-state index in [4.69, 9.17) is 4.74 Å². The molecule has 2 aromatic carbocycles. The topological polar surface area (TPSA) is 39.9 Å². The van der Waals surface area contributed by atoms with E-state index < -0.39 is 24.7 Å². The quantitative estimate of drug-likeness (QED) is 0.606. The lowest BCUT2D eigenvalue weighted by Crippen LogP contribution is -2.43. The minimum absolute atomic E-state index is 0.279. The molecule has 4 nitrogen and oxygen atoms in total. The second-order valence-corrected chi connectivity index (χ2v) is 6.59. The van der Waals surface area contributed by atoms with Crippen molar-refractivity contribution in [1.29, 1.82) is 0 Å². The van der Waals surface area contributed by atoms with Crippen molar-refractivity contribution in [1.82, 2.24) is 15.0 Å². The molecule has 0 aliphatic heterocycles. The van der Waals surface area contributed by atoms with E-state index in [9.17, 15) is 22.0 Å². The Morgan fingerprint density at radius 2 is 1.70 bits per heavy atom. The number of rotatable bonds is 4. The Labute approximate surface area is 150 Å². The van der Waals surface area contributed by atoms with Gasteiger partial charge in [-0.05, 0) is 35.4 Å². The highest BCUT2D eigenvalue weighted by Crippen LogP contribution is 2.40. The Morgan fingerprint density at radius 1 is 1.04 bits per heavy atom. The number of halogens is 5. The molecule has 142 valence electrons. The van der Waals surface area contributed by atoms with Crippen LogP contribution in [0.5, 0.6) is 5.75 Å². The first-order chi connectivity index (χ1) is 12.7. The number of hydrogen-bond acceptors (Lipinski definition) is 3. The molecule has 0 bridgehead atoms. The molecule has 1 aliphatic carbocycles. The summed E-state index contributed by atoms with van der Waals surface area (Å²) in [6, 6.07) is 11.7. The number of nitrogens with zero attached hydrogens (tertiary/aromatic N) is 3. The summed E-state index contributed by atoms with van der Waals surface area (Å²) in [5.41, 5.74) is 2.09. The normalized spacial score (nSPS) is 17.1. The Balaban J connectivity index is 1.54. The third-order valence-corrected chi connectivity index (χ3v) is 4.39. The van der Waals surface area contributed by atoms with Crippen LogP contribution in [0.25, 0.3) is 22.2 Å². The molecule has 0 saturated heterocycles. The van der Waals surface area contributed by atoms with Crippen LogP contribution in [0.2, 0.25) is 0 Å². The van der Waals surface area contributed by atoms with E-state index >= 15 is 0 Å². The SMILES string of the molecule is FC(F)(F)Cn1nnc2ccc(-c3ccc(OC4CC(F)(F)C4)cc3)cc21. The molecule has 3 aromatic rings. The molecule has 1 fully saturated rings. The first-order valence-electron chi connectivity index (χ1n) is 8.23. The van der Waals surface area contributed by atoms with Gasteiger partial charge in [0.1, 0.15) is 23.9 Å². The monoisotopic (exact) mass is 383 g/mol. The molecule has 0 amide bonds. The van der Waals surface area contributed by atoms with Crippen molar-refractivity contribution in [3.63, 3.8) is 0 Å². The number of aromatic nitrogens is 3. The molecule has 1 aliphatic rings. The maximum atomic E-state index is 12.9. The lowest BCUT2D eigenvalue weighted by molar-refractivity contribution is -0.142. The fourth-order valence-electron chi connectivity index (χ4n) is 3.04. The van der Waals surface area contributed by atoms with Gasteiger partial charge >= 0.3 is 6.18 Å². The zero-order valence-electron chi connectivity index (χ0n) is 13.9. The van der Waals surface area contributed by atoms with E-state index in [1.165, 1.54) is 0 Å². The van der Waals surface area contributed by atoms with E-state index in [0.717, 1.165) is 10.2 Å². The molecular formula is C18H14F5N3O. The second kappa shape index (κ2) is 6.17. The number of fused-ring (bicyclic) bond motifs is 1. The molecule has 9 heteroatoms. The van der Waals surface area contributed by atoms with Crippen molar-refractivity contribution in [2.75, 3.05) is 0 Å². The zero-order valence-corrected chi connectivity index (χ0v) is 13.9. The lowest BCUT2D eigenvalue weighted by atomic mass is 9.91. The van der Waals surface area contributed by atoms with Crippen molar-refractivity contribution in [2.24, 2.45) is 0 Å². The van der Waals surface area contributed by atoms with Gasteiger partial charge in [0, 0.05) is 12.8 Å². The third kappa shape index (κ3) is 3.86. The second-order valence-electron chi connectivity index (χ2n) is 6.59. The summed E-state index contributed by atoms with van der Waals surface area (Å²) in [5.74, 6) is -2.17. The van der Waals surface area contributed by atoms with Gasteiger partial charge in [-0.2, -0.15) is 13.2 Å². The highest BCUT2D eigenvalue weighted by atomic mass is 19.4. The van der Waals surface area contributed by atoms with Crippen molar-refractivity contribution in [2.45, 2.75) is 37.6 Å². The van der Waals surface area contributed by atoms with Crippen LogP contribution in [0.4, 0.5) is 22.0 Å². The molecule has 4 rings (SSSR count). The van der Waals surface area contributed by atoms with Gasteiger partial charge in [-0.1, -0.05) is 23.4 Å². The molecule has 1 aromatic heterocycles. The van der Waals surface area contributed by atoms with E-state index in [2.05, 4.69) is 10.3 Å². The molecule has 0 N–H and O–H groups in total. The first kappa shape index (κ1) is 17.7. The molecule has 0 unspecified atom stereocenters. The summed E-state index contributed by atoms with van der Waals surface area (Å²) < 4.78 is 69.9. The van der Waals surface area contributed by atoms with E-state index in [1.54, 1.807) is 42.5 Å². The Hall–Kier alpha value is -2.71. The minimum Gasteiger partial charge on any atom is -0.490 e. The maximum absolute atomic E-state index is 12.9. The number of ether oxygens (including phenoxy) is 1. The highest BCUT2D eigenvalue weighted by Gasteiger charge is 2.46. The van der Waals surface area contributed by atoms with Gasteiger partial charge < -0.3 is 4.74 Å². The molecule has 1 heterocycles. The summed E-state index contributed by atoms with van der Waals surface area (Å²) in [6.45, 7) is -1.22. The first-order valence-corrected chi connectivity index (χ1v) is 8.23. The fraction of sp³-hybridized carbons (Fsp3) is 0.333. The summed E-state index contributed by atoms with van der Waals surface area (Å²) in [5, 5.41) is 7.30. The van der Waals surface area contributed by atoms with Gasteiger partial charge in [0.05, 0.1) is 5.52 Å². The van der Waals surface area contributed by atoms with Crippen LogP contribution in [0.1, 0.15) is 12.8 Å². The predicted molar refractivity (Wildman–Crippen MR) is 87.6 cm³/mol. The average molecular weight is 383 g/mol. The number of benzene rings is 2. The van der Waals surface area contributed by atoms with Crippen LogP contribution in [-0.2, 0) is 6.54 Å². The van der Waals surface area contributed by atoms with Crippen molar-refractivity contribution in [3.8, 4) is 16.9 Å². The van der Waals surface area contributed by atoms with Gasteiger partial charge in [-0.15, -0.1) is 5.10 Å². The van der Waals surface area contributed by atoms with E-state index in [-0.39, 0.29) is 18.4 Å². The highest BCUT2D eigenvalue weighted by molar-refractivity contribution is 5.81. The summed E-state index contributed by atoms with van der Waals surface area (Å²) in [7, 11) is 0. The maximum Gasteiger partial charge on any atom is 0.408 e. The van der Waals surface area contributed by atoms with Gasteiger partial charge in [0.25, 0.3) is 5.92 Å². The standard InChI is InChI=1S/C18H14F5N3O/c19-17(20)8-14(9-17)27-13-4-1-11(2-5-13)12-3-6-15-16(7-12)26(25-24-15)10-18(21,22)23/h1-7,14H,8-10H2. The van der Waals surface area contributed by atoms with E-state index in [1.807, 2.05) is 0 Å². The van der Waals surface area contributed by atoms with Crippen LogP contribution < -0.4 is 4.74 Å². The summed E-state index contributed by atoms with van der Waals surface area (Å²) in [4.78, 5) is 0. The van der Waals surface area contributed by atoms with Crippen LogP contribution in [-0.4, -0.2) is 33.2 Å². The Bertz CT molecular complexity index is 957. The minimum atomic E-state index is -4.39. The van der Waals surface area contributed by atoms with E-state index in [0.29, 0.717) is 16.8 Å². The number of alkyl halides is 5. The predicted octanol–water partition coefficient (Wildman–Crippen LogP) is 4.84. The summed E-state index contributed by atoms with van der Waals surface area (Å²) in [6.07, 6.45) is -5.47. The molecule has 27 heavy (non-hydrogen) atoms. The third-order valence-electron chi connectivity index (χ3n) is 4.39. The summed E-state index contributed by atoms with van der Waals surface area (Å²) >= 11 is 0. The molecule has 0 spiro atoms. The van der Waals surface area contributed by atoms with Gasteiger partial charge in [-0.25, -0.2) is 13.5 Å². The average Bonchev–Trinajstić information content (AvgIpc) is 2.94. The van der Waals surface area contributed by atoms with Gasteiger partial charge in [0.2, 0.25) is 0 Å². The fourth-order valence-corrected chi connectivity index (χ4v) is 3.04. The van der Waals surface area contributed by atoms with Crippen molar-refractivity contribution in [3.05, 3.63) is 42.5 Å². The molecular weight excluding hydrogens is 369 g/mol.